The van der Waals surface area contributed by atoms with Gasteiger partial charge in [-0.15, -0.1) is 0 Å². The number of benzene rings is 3. The molecule has 0 fully saturated rings. The largest absolute Gasteiger partial charge is 0.497 e. The van der Waals surface area contributed by atoms with Crippen molar-refractivity contribution >= 4 is 51.5 Å². The smallest absolute Gasteiger partial charge is 0.343 e. The predicted molar refractivity (Wildman–Crippen MR) is 132 cm³/mol. The number of nitrogens with one attached hydrogen (secondary N) is 2. The molecule has 34 heavy (non-hydrogen) atoms. The summed E-state index contributed by atoms with van der Waals surface area (Å²) in [6, 6.07) is 17.7. The van der Waals surface area contributed by atoms with E-state index in [0.717, 1.165) is 4.47 Å². The van der Waals surface area contributed by atoms with Gasteiger partial charge in [0.15, 0.2) is 0 Å². The van der Waals surface area contributed by atoms with E-state index in [1.807, 2.05) is 0 Å². The molecule has 2 N–H and O–H groups in total. The summed E-state index contributed by atoms with van der Waals surface area (Å²) in [6.45, 7) is -0.281. The van der Waals surface area contributed by atoms with Crippen LogP contribution in [0.2, 0.25) is 5.02 Å². The molecule has 0 bridgehead atoms. The van der Waals surface area contributed by atoms with E-state index in [2.05, 4.69) is 31.8 Å². The molecule has 0 radical (unpaired) electrons. The monoisotopic (exact) mass is 543 g/mol. The zero-order valence-corrected chi connectivity index (χ0v) is 20.2. The lowest BCUT2D eigenvalue weighted by Crippen LogP contribution is -2.34. The number of halogens is 2. The van der Waals surface area contributed by atoms with Gasteiger partial charge in [-0.3, -0.25) is 9.59 Å². The molecular formula is C24H19BrClN3O5. The van der Waals surface area contributed by atoms with Gasteiger partial charge in [0.05, 0.1) is 25.4 Å². The third-order valence-electron chi connectivity index (χ3n) is 4.41. The van der Waals surface area contributed by atoms with Crippen LogP contribution in [-0.2, 0) is 4.79 Å². The second-order valence-corrected chi connectivity index (χ2v) is 8.14. The molecule has 0 aromatic heterocycles. The Hall–Kier alpha value is -3.69. The number of hydrogen-bond donors (Lipinski definition) is 2. The van der Waals surface area contributed by atoms with Gasteiger partial charge in [0.2, 0.25) is 0 Å². The van der Waals surface area contributed by atoms with Crippen molar-refractivity contribution < 1.29 is 23.9 Å². The average Bonchev–Trinajstić information content (AvgIpc) is 2.84. The van der Waals surface area contributed by atoms with Gasteiger partial charge in [0.1, 0.15) is 11.5 Å². The van der Waals surface area contributed by atoms with Gasteiger partial charge < -0.3 is 14.8 Å². The van der Waals surface area contributed by atoms with E-state index in [-0.39, 0.29) is 12.3 Å². The molecule has 0 heterocycles. The van der Waals surface area contributed by atoms with E-state index in [1.54, 1.807) is 66.7 Å². The Kier molecular flexibility index (Phi) is 8.78. The molecule has 0 aliphatic carbocycles. The number of carbonyl (C=O) groups excluding carboxylic acids is 3. The fourth-order valence-corrected chi connectivity index (χ4v) is 3.18. The molecule has 0 spiro atoms. The van der Waals surface area contributed by atoms with Gasteiger partial charge >= 0.3 is 5.97 Å². The van der Waals surface area contributed by atoms with E-state index in [0.29, 0.717) is 27.5 Å². The molecule has 0 saturated heterocycles. The molecule has 0 unspecified atom stereocenters. The van der Waals surface area contributed by atoms with Crippen LogP contribution < -0.4 is 20.2 Å². The van der Waals surface area contributed by atoms with Crippen LogP contribution in [0.15, 0.2) is 76.3 Å². The van der Waals surface area contributed by atoms with E-state index in [1.165, 1.54) is 13.3 Å². The summed E-state index contributed by atoms with van der Waals surface area (Å²) in [5.74, 6) is -0.652. The molecule has 10 heteroatoms. The number of carbonyl (C=O) groups is 3. The molecular weight excluding hydrogens is 526 g/mol. The second-order valence-electron chi connectivity index (χ2n) is 6.78. The Balaban J connectivity index is 1.58. The zero-order chi connectivity index (χ0) is 24.5. The van der Waals surface area contributed by atoms with Crippen LogP contribution in [0.5, 0.6) is 11.5 Å². The SMILES string of the molecule is COc1ccc(C(=O)Oc2ccc(Br)cc2/C=N\NC(=O)CNC(=O)c2ccc(Cl)cc2)cc1. The first-order valence-electron chi connectivity index (χ1n) is 9.87. The first-order chi connectivity index (χ1) is 16.4. The number of hydrazone groups is 1. The van der Waals surface area contributed by atoms with Gasteiger partial charge in [-0.25, -0.2) is 10.2 Å². The summed E-state index contributed by atoms with van der Waals surface area (Å²) in [5.41, 5.74) is 3.48. The maximum Gasteiger partial charge on any atom is 0.343 e. The summed E-state index contributed by atoms with van der Waals surface area (Å²) < 4.78 is 11.3. The Morgan fingerprint density at radius 2 is 1.68 bits per heavy atom. The van der Waals surface area contributed by atoms with Gasteiger partial charge in [-0.2, -0.15) is 5.10 Å². The number of rotatable bonds is 8. The minimum Gasteiger partial charge on any atom is -0.497 e. The third kappa shape index (κ3) is 7.16. The number of esters is 1. The molecule has 0 saturated carbocycles. The summed E-state index contributed by atoms with van der Waals surface area (Å²) in [4.78, 5) is 36.6. The minimum absolute atomic E-state index is 0.248. The van der Waals surface area contributed by atoms with Crippen molar-refractivity contribution in [1.29, 1.82) is 0 Å². The highest BCUT2D eigenvalue weighted by Gasteiger charge is 2.12. The van der Waals surface area contributed by atoms with E-state index in [4.69, 9.17) is 21.1 Å². The molecule has 0 atom stereocenters. The lowest BCUT2D eigenvalue weighted by Gasteiger charge is -2.09. The fourth-order valence-electron chi connectivity index (χ4n) is 2.68. The van der Waals surface area contributed by atoms with Crippen LogP contribution in [0.4, 0.5) is 0 Å². The highest BCUT2D eigenvalue weighted by atomic mass is 79.9. The lowest BCUT2D eigenvalue weighted by molar-refractivity contribution is -0.120. The van der Waals surface area contributed by atoms with Crippen molar-refractivity contribution in [2.45, 2.75) is 0 Å². The van der Waals surface area contributed by atoms with Crippen LogP contribution in [0.1, 0.15) is 26.3 Å². The topological polar surface area (TPSA) is 106 Å². The highest BCUT2D eigenvalue weighted by molar-refractivity contribution is 9.10. The fraction of sp³-hybridized carbons (Fsp3) is 0.0833. The van der Waals surface area contributed by atoms with Crippen LogP contribution in [0.3, 0.4) is 0 Å². The Morgan fingerprint density at radius 1 is 1.00 bits per heavy atom. The lowest BCUT2D eigenvalue weighted by atomic mass is 10.2. The third-order valence-corrected chi connectivity index (χ3v) is 5.15. The number of methoxy groups -OCH3 is 1. The zero-order valence-electron chi connectivity index (χ0n) is 17.9. The summed E-state index contributed by atoms with van der Waals surface area (Å²) in [5, 5.41) is 6.88. The van der Waals surface area contributed by atoms with Crippen molar-refractivity contribution in [2.75, 3.05) is 13.7 Å². The molecule has 0 aliphatic rings. The predicted octanol–water partition coefficient (Wildman–Crippen LogP) is 4.21. The number of hydrogen-bond acceptors (Lipinski definition) is 6. The van der Waals surface area contributed by atoms with Crippen molar-refractivity contribution in [3.05, 3.63) is 92.9 Å². The maximum absolute atomic E-state index is 12.5. The summed E-state index contributed by atoms with van der Waals surface area (Å²) in [7, 11) is 1.53. The summed E-state index contributed by atoms with van der Waals surface area (Å²) in [6.07, 6.45) is 1.33. The molecule has 2 amide bonds. The molecule has 8 nitrogen and oxygen atoms in total. The van der Waals surface area contributed by atoms with Crippen molar-refractivity contribution in [1.82, 2.24) is 10.7 Å². The van der Waals surface area contributed by atoms with Crippen LogP contribution in [0, 0.1) is 0 Å². The van der Waals surface area contributed by atoms with Gasteiger partial charge in [-0.1, -0.05) is 27.5 Å². The van der Waals surface area contributed by atoms with Gasteiger partial charge in [0.25, 0.3) is 11.8 Å². The second kappa shape index (κ2) is 12.0. The maximum atomic E-state index is 12.5. The number of amides is 2. The van der Waals surface area contributed by atoms with Crippen LogP contribution >= 0.6 is 27.5 Å². The number of nitrogens with zero attached hydrogens (tertiary/aromatic N) is 1. The Labute approximate surface area is 209 Å². The standard InChI is InChI=1S/C24H19BrClN3O5/c1-33-20-9-4-16(5-10-20)24(32)34-21-11-6-18(25)12-17(21)13-28-29-22(30)14-27-23(31)15-2-7-19(26)8-3-15/h2-13H,14H2,1H3,(H,27,31)(H,29,30)/b28-13-. The average molecular weight is 545 g/mol. The van der Waals surface area contributed by atoms with E-state index < -0.39 is 17.8 Å². The van der Waals surface area contributed by atoms with E-state index >= 15 is 0 Å². The molecule has 174 valence electrons. The van der Waals surface area contributed by atoms with Crippen molar-refractivity contribution in [3.8, 4) is 11.5 Å². The Morgan fingerprint density at radius 3 is 2.35 bits per heavy atom. The minimum atomic E-state index is -0.562. The molecule has 0 aliphatic heterocycles. The van der Waals surface area contributed by atoms with Crippen molar-refractivity contribution in [2.24, 2.45) is 5.10 Å². The number of ether oxygens (including phenoxy) is 2. The van der Waals surface area contributed by atoms with Crippen molar-refractivity contribution in [3.63, 3.8) is 0 Å². The highest BCUT2D eigenvalue weighted by Crippen LogP contribution is 2.23. The first kappa shape index (κ1) is 24.9. The molecule has 3 aromatic carbocycles. The van der Waals surface area contributed by atoms with E-state index in [9.17, 15) is 14.4 Å². The summed E-state index contributed by atoms with van der Waals surface area (Å²) >= 11 is 9.15. The Bertz CT molecular complexity index is 1210. The normalized spacial score (nSPS) is 10.6. The van der Waals surface area contributed by atoms with Gasteiger partial charge in [0, 0.05) is 20.6 Å². The van der Waals surface area contributed by atoms with Gasteiger partial charge in [-0.05, 0) is 66.7 Å². The molecule has 3 aromatic rings. The van der Waals surface area contributed by atoms with Crippen LogP contribution in [-0.4, -0.2) is 37.7 Å². The quantitative estimate of drug-likeness (QED) is 0.191. The van der Waals surface area contributed by atoms with Crippen LogP contribution in [0.25, 0.3) is 0 Å². The molecule has 3 rings (SSSR count). The first-order valence-corrected chi connectivity index (χ1v) is 11.0.